The highest BCUT2D eigenvalue weighted by atomic mass is 32.1. The van der Waals surface area contributed by atoms with E-state index in [9.17, 15) is 4.79 Å². The second-order valence-electron chi connectivity index (χ2n) is 6.87. The van der Waals surface area contributed by atoms with Crippen LogP contribution in [0.3, 0.4) is 0 Å². The minimum Gasteiger partial charge on any atom is -0.461 e. The lowest BCUT2D eigenvalue weighted by Gasteiger charge is -2.12. The number of thiophene rings is 1. The molecule has 1 N–H and O–H groups in total. The van der Waals surface area contributed by atoms with Gasteiger partial charge in [0.25, 0.3) is 5.91 Å². The van der Waals surface area contributed by atoms with E-state index >= 15 is 0 Å². The van der Waals surface area contributed by atoms with Crippen LogP contribution in [0.5, 0.6) is 0 Å². The number of nitrogens with one attached hydrogen (secondary N) is 1. The normalized spacial score (nSPS) is 12.2. The number of amides is 1. The van der Waals surface area contributed by atoms with E-state index in [-0.39, 0.29) is 11.8 Å². The molecule has 28 heavy (non-hydrogen) atoms. The molecule has 0 unspecified atom stereocenters. The molecule has 6 heteroatoms. The number of hydrogen-bond acceptors (Lipinski definition) is 5. The van der Waals surface area contributed by atoms with Crippen molar-refractivity contribution in [2.24, 2.45) is 0 Å². The highest BCUT2D eigenvalue weighted by Gasteiger charge is 2.20. The van der Waals surface area contributed by atoms with Gasteiger partial charge in [-0.1, -0.05) is 37.3 Å². The number of hydrogen-bond donors (Lipinski definition) is 1. The summed E-state index contributed by atoms with van der Waals surface area (Å²) in [7, 11) is 0. The van der Waals surface area contributed by atoms with Gasteiger partial charge in [0.05, 0.1) is 16.8 Å². The van der Waals surface area contributed by atoms with Gasteiger partial charge in [0.1, 0.15) is 4.83 Å². The van der Waals surface area contributed by atoms with Crippen molar-refractivity contribution in [1.29, 1.82) is 0 Å². The van der Waals surface area contributed by atoms with Gasteiger partial charge in [-0.25, -0.2) is 9.97 Å². The summed E-state index contributed by atoms with van der Waals surface area (Å²) in [6, 6.07) is 13.8. The van der Waals surface area contributed by atoms with Gasteiger partial charge < -0.3 is 9.73 Å². The Balaban J connectivity index is 1.59. The summed E-state index contributed by atoms with van der Waals surface area (Å²) < 4.78 is 5.42. The number of carbonyl (C=O) groups is 1. The predicted molar refractivity (Wildman–Crippen MR) is 112 cm³/mol. The van der Waals surface area contributed by atoms with Crippen LogP contribution in [0.15, 0.2) is 53.1 Å². The van der Waals surface area contributed by atoms with Crippen molar-refractivity contribution in [1.82, 2.24) is 15.3 Å². The van der Waals surface area contributed by atoms with Crippen LogP contribution in [0.25, 0.3) is 21.8 Å². The smallest absolute Gasteiger partial charge is 0.261 e. The number of fused-ring (bicyclic) bond motifs is 1. The van der Waals surface area contributed by atoms with E-state index in [1.54, 1.807) is 6.26 Å². The van der Waals surface area contributed by atoms with E-state index in [1.807, 2.05) is 44.2 Å². The molecule has 142 valence electrons. The predicted octanol–water partition coefficient (Wildman–Crippen LogP) is 5.10. The maximum Gasteiger partial charge on any atom is 0.261 e. The van der Waals surface area contributed by atoms with Crippen molar-refractivity contribution >= 4 is 27.5 Å². The summed E-state index contributed by atoms with van der Waals surface area (Å²) >= 11 is 1.40. The quantitative estimate of drug-likeness (QED) is 0.514. The average molecular weight is 391 g/mol. The van der Waals surface area contributed by atoms with Crippen molar-refractivity contribution in [3.63, 3.8) is 0 Å². The Morgan fingerprint density at radius 2 is 1.93 bits per heavy atom. The zero-order valence-electron chi connectivity index (χ0n) is 16.0. The third-order valence-corrected chi connectivity index (χ3v) is 6.04. The van der Waals surface area contributed by atoms with Gasteiger partial charge in [-0.15, -0.1) is 11.3 Å². The summed E-state index contributed by atoms with van der Waals surface area (Å²) in [5, 5.41) is 4.01. The van der Waals surface area contributed by atoms with Crippen LogP contribution in [0.1, 0.15) is 39.3 Å². The number of aromatic nitrogens is 2. The number of rotatable bonds is 5. The minimum absolute atomic E-state index is 0.0674. The van der Waals surface area contributed by atoms with Crippen LogP contribution in [-0.2, 0) is 0 Å². The first-order chi connectivity index (χ1) is 13.5. The fourth-order valence-corrected chi connectivity index (χ4v) is 4.45. The molecule has 1 amide bonds. The third kappa shape index (κ3) is 3.43. The first kappa shape index (κ1) is 18.4. The number of nitrogens with zero attached hydrogens (tertiary/aromatic N) is 2. The minimum atomic E-state index is -0.0674. The van der Waals surface area contributed by atoms with Gasteiger partial charge in [0.2, 0.25) is 0 Å². The largest absolute Gasteiger partial charge is 0.461 e. The van der Waals surface area contributed by atoms with Crippen molar-refractivity contribution in [2.45, 2.75) is 26.7 Å². The van der Waals surface area contributed by atoms with Crippen LogP contribution in [0.4, 0.5) is 0 Å². The van der Waals surface area contributed by atoms with Crippen LogP contribution >= 0.6 is 11.3 Å². The van der Waals surface area contributed by atoms with Gasteiger partial charge >= 0.3 is 0 Å². The van der Waals surface area contributed by atoms with E-state index in [1.165, 1.54) is 16.9 Å². The van der Waals surface area contributed by atoms with E-state index in [0.717, 1.165) is 21.5 Å². The number of benzene rings is 1. The topological polar surface area (TPSA) is 68.0 Å². The molecule has 0 bridgehead atoms. The van der Waals surface area contributed by atoms with Gasteiger partial charge in [-0.05, 0) is 43.0 Å². The molecule has 4 aromatic rings. The summed E-state index contributed by atoms with van der Waals surface area (Å²) in [6.07, 6.45) is 1.60. The number of aryl methyl sites for hydroxylation is 2. The van der Waals surface area contributed by atoms with Crippen molar-refractivity contribution < 1.29 is 9.21 Å². The van der Waals surface area contributed by atoms with Crippen LogP contribution in [-0.4, -0.2) is 22.4 Å². The monoisotopic (exact) mass is 391 g/mol. The zero-order valence-corrected chi connectivity index (χ0v) is 16.8. The molecule has 5 nitrogen and oxygen atoms in total. The molecule has 4 rings (SSSR count). The molecule has 3 heterocycles. The van der Waals surface area contributed by atoms with Gasteiger partial charge in [0.15, 0.2) is 11.6 Å². The molecule has 3 aromatic heterocycles. The molecule has 0 aliphatic heterocycles. The molecule has 1 aromatic carbocycles. The van der Waals surface area contributed by atoms with Gasteiger partial charge in [0, 0.05) is 11.9 Å². The van der Waals surface area contributed by atoms with Crippen LogP contribution in [0.2, 0.25) is 0 Å². The highest BCUT2D eigenvalue weighted by molar-refractivity contribution is 7.20. The maximum absolute atomic E-state index is 12.8. The summed E-state index contributed by atoms with van der Waals surface area (Å²) in [6.45, 7) is 6.59. The van der Waals surface area contributed by atoms with Crippen LogP contribution < -0.4 is 5.32 Å². The lowest BCUT2D eigenvalue weighted by Crippen LogP contribution is -2.27. The second-order valence-corrected chi connectivity index (χ2v) is 7.87. The Labute approximate surface area is 167 Å². The Morgan fingerprint density at radius 3 is 2.64 bits per heavy atom. The zero-order chi connectivity index (χ0) is 19.7. The SMILES string of the molecule is Cc1nc(-c2ccco2)nc2sc(C(=O)NC[C@H](C)c3ccccc3)c(C)c12. The summed E-state index contributed by atoms with van der Waals surface area (Å²) in [5.74, 6) is 1.34. The standard InChI is InChI=1S/C22H21N3O2S/c1-13(16-8-5-4-6-9-16)12-23-21(26)19-14(2)18-15(3)24-20(25-22(18)28-19)17-10-7-11-27-17/h4-11,13H,12H2,1-3H3,(H,23,26)/t13-/m0/s1. The third-order valence-electron chi connectivity index (χ3n) is 4.86. The molecule has 0 aliphatic carbocycles. The Hall–Kier alpha value is -2.99. The summed E-state index contributed by atoms with van der Waals surface area (Å²) in [4.78, 5) is 23.5. The number of carbonyl (C=O) groups excluding carboxylic acids is 1. The van der Waals surface area contributed by atoms with Crippen molar-refractivity contribution in [3.8, 4) is 11.6 Å². The van der Waals surface area contributed by atoms with Crippen LogP contribution in [0, 0.1) is 13.8 Å². The fraction of sp³-hybridized carbons (Fsp3) is 0.227. The Kier molecular flexibility index (Phi) is 4.96. The van der Waals surface area contributed by atoms with Crippen molar-refractivity contribution in [3.05, 3.63) is 70.4 Å². The first-order valence-electron chi connectivity index (χ1n) is 9.19. The molecule has 1 atom stereocenters. The maximum atomic E-state index is 12.8. The molecule has 0 fully saturated rings. The van der Waals surface area contributed by atoms with Gasteiger partial charge in [-0.3, -0.25) is 4.79 Å². The first-order valence-corrected chi connectivity index (χ1v) is 10.0. The second kappa shape index (κ2) is 7.56. The highest BCUT2D eigenvalue weighted by Crippen LogP contribution is 2.33. The molecular formula is C22H21N3O2S. The molecule has 0 saturated carbocycles. The molecule has 0 aliphatic rings. The van der Waals surface area contributed by atoms with E-state index in [2.05, 4.69) is 34.3 Å². The molecule has 0 spiro atoms. The summed E-state index contributed by atoms with van der Waals surface area (Å²) in [5.41, 5.74) is 2.98. The molecule has 0 saturated heterocycles. The Morgan fingerprint density at radius 1 is 1.14 bits per heavy atom. The number of furan rings is 1. The Bertz CT molecular complexity index is 1120. The van der Waals surface area contributed by atoms with E-state index < -0.39 is 0 Å². The van der Waals surface area contributed by atoms with E-state index in [4.69, 9.17) is 4.42 Å². The lowest BCUT2D eigenvalue weighted by atomic mass is 10.0. The molecule has 0 radical (unpaired) electrons. The average Bonchev–Trinajstić information content (AvgIpc) is 3.35. The lowest BCUT2D eigenvalue weighted by molar-refractivity contribution is 0.0955. The molecular weight excluding hydrogens is 370 g/mol. The van der Waals surface area contributed by atoms with Gasteiger partial charge in [-0.2, -0.15) is 0 Å². The van der Waals surface area contributed by atoms with Crippen molar-refractivity contribution in [2.75, 3.05) is 6.54 Å². The van der Waals surface area contributed by atoms with E-state index in [0.29, 0.717) is 23.0 Å². The fourth-order valence-electron chi connectivity index (χ4n) is 3.30.